The van der Waals surface area contributed by atoms with Crippen molar-refractivity contribution >= 4 is 17.1 Å². The molecule has 0 radical (unpaired) electrons. The molecular weight excluding hydrogens is 256 g/mol. The van der Waals surface area contributed by atoms with E-state index in [-0.39, 0.29) is 6.04 Å². The Morgan fingerprint density at radius 1 is 1.40 bits per heavy atom. The Balaban J connectivity index is 1.94. The van der Waals surface area contributed by atoms with Gasteiger partial charge in [0.05, 0.1) is 6.26 Å². The minimum Gasteiger partial charge on any atom is -0.464 e. The highest BCUT2D eigenvalue weighted by atomic mass is 16.6. The number of carbonyl (C=O) groups is 1. The van der Waals surface area contributed by atoms with Crippen LogP contribution >= 0.6 is 0 Å². The van der Waals surface area contributed by atoms with Crippen LogP contribution in [0.5, 0.6) is 0 Å². The van der Waals surface area contributed by atoms with Crippen LogP contribution in [0.15, 0.2) is 34.9 Å². The average molecular weight is 276 g/mol. The van der Waals surface area contributed by atoms with E-state index < -0.39 is 11.7 Å². The molecule has 0 fully saturated rings. The maximum atomic E-state index is 11.6. The van der Waals surface area contributed by atoms with Gasteiger partial charge in [-0.3, -0.25) is 0 Å². The Morgan fingerprint density at radius 3 is 2.85 bits per heavy atom. The zero-order valence-corrected chi connectivity index (χ0v) is 12.0. The molecule has 0 bridgehead atoms. The van der Waals surface area contributed by atoms with Gasteiger partial charge >= 0.3 is 6.09 Å². The molecule has 0 aliphatic carbocycles. The van der Waals surface area contributed by atoms with E-state index in [9.17, 15) is 4.79 Å². The summed E-state index contributed by atoms with van der Waals surface area (Å²) in [7, 11) is 0. The third-order valence-electron chi connectivity index (χ3n) is 2.77. The number of fused-ring (bicyclic) bond motifs is 1. The lowest BCUT2D eigenvalue weighted by molar-refractivity contribution is 0.0524. The summed E-state index contributed by atoms with van der Waals surface area (Å²) in [5, 5.41) is 3.67. The summed E-state index contributed by atoms with van der Waals surface area (Å²) < 4.78 is 10.4. The largest absolute Gasteiger partial charge is 0.464 e. The summed E-state index contributed by atoms with van der Waals surface area (Å²) in [6, 6.07) is 7.32. The molecule has 2 aromatic rings. The third-order valence-corrected chi connectivity index (χ3v) is 2.77. The fraction of sp³-hybridized carbons (Fsp3) is 0.400. The molecule has 1 aromatic heterocycles. The van der Waals surface area contributed by atoms with E-state index in [2.05, 4.69) is 5.32 Å². The highest BCUT2D eigenvalue weighted by Gasteiger charge is 2.17. The predicted molar refractivity (Wildman–Crippen MR) is 77.4 cm³/mol. The van der Waals surface area contributed by atoms with Crippen LogP contribution in [0.1, 0.15) is 32.4 Å². The highest BCUT2D eigenvalue weighted by Crippen LogP contribution is 2.20. The minimum absolute atomic E-state index is 0.290. The molecule has 1 atom stereocenters. The molecule has 0 saturated heterocycles. The van der Waals surface area contributed by atoms with Crippen LogP contribution < -0.4 is 11.1 Å². The van der Waals surface area contributed by atoms with Crippen LogP contribution in [0.3, 0.4) is 0 Å². The number of nitrogens with one attached hydrogen (secondary N) is 1. The number of alkyl carbamates (subject to hydrolysis) is 1. The molecule has 5 heteroatoms. The van der Waals surface area contributed by atoms with E-state index in [1.54, 1.807) is 6.26 Å². The minimum atomic E-state index is -0.510. The standard InChI is InChI=1S/C15H20N2O3/c1-15(2,3)20-14(18)17-9-12(16)10-4-5-13-11(8-10)6-7-19-13/h4-8,12H,9,16H2,1-3H3,(H,17,18). The van der Waals surface area contributed by atoms with E-state index in [1.165, 1.54) is 0 Å². The fourth-order valence-electron chi connectivity index (χ4n) is 1.84. The first-order chi connectivity index (χ1) is 9.35. The summed E-state index contributed by atoms with van der Waals surface area (Å²) in [5.74, 6) is 0. The molecule has 1 aromatic carbocycles. The Kier molecular flexibility index (Phi) is 3.99. The first kappa shape index (κ1) is 14.4. The van der Waals surface area contributed by atoms with E-state index in [4.69, 9.17) is 14.9 Å². The number of ether oxygens (including phenoxy) is 1. The van der Waals surface area contributed by atoms with Crippen LogP contribution in [-0.4, -0.2) is 18.2 Å². The summed E-state index contributed by atoms with van der Waals surface area (Å²) in [5.41, 5.74) is 7.32. The summed E-state index contributed by atoms with van der Waals surface area (Å²) in [4.78, 5) is 11.6. The van der Waals surface area contributed by atoms with Gasteiger partial charge in [0, 0.05) is 18.0 Å². The maximum Gasteiger partial charge on any atom is 0.407 e. The molecule has 108 valence electrons. The smallest absolute Gasteiger partial charge is 0.407 e. The molecule has 3 N–H and O–H groups in total. The van der Waals surface area contributed by atoms with Crippen LogP contribution in [0, 0.1) is 0 Å². The van der Waals surface area contributed by atoms with Crippen LogP contribution in [-0.2, 0) is 4.74 Å². The number of benzene rings is 1. The second kappa shape index (κ2) is 5.54. The zero-order chi connectivity index (χ0) is 14.8. The number of amides is 1. The molecule has 0 spiro atoms. The molecule has 20 heavy (non-hydrogen) atoms. The normalized spacial score (nSPS) is 13.2. The van der Waals surface area contributed by atoms with Crippen molar-refractivity contribution in [2.75, 3.05) is 6.54 Å². The quantitative estimate of drug-likeness (QED) is 0.903. The van der Waals surface area contributed by atoms with Gasteiger partial charge in [-0.15, -0.1) is 0 Å². The van der Waals surface area contributed by atoms with Crippen molar-refractivity contribution in [1.82, 2.24) is 5.32 Å². The van der Waals surface area contributed by atoms with Gasteiger partial charge in [-0.05, 0) is 44.5 Å². The van der Waals surface area contributed by atoms with Crippen LogP contribution in [0.2, 0.25) is 0 Å². The van der Waals surface area contributed by atoms with Crippen LogP contribution in [0.4, 0.5) is 4.79 Å². The number of hydrogen-bond acceptors (Lipinski definition) is 4. The number of rotatable bonds is 3. The lowest BCUT2D eigenvalue weighted by Crippen LogP contribution is -2.36. The summed E-state index contributed by atoms with van der Waals surface area (Å²) in [6.07, 6.45) is 1.18. The monoisotopic (exact) mass is 276 g/mol. The Morgan fingerprint density at radius 2 is 2.15 bits per heavy atom. The van der Waals surface area contributed by atoms with Gasteiger partial charge in [0.2, 0.25) is 0 Å². The predicted octanol–water partition coefficient (Wildman–Crippen LogP) is 2.96. The summed E-state index contributed by atoms with van der Waals surface area (Å²) in [6.45, 7) is 5.77. The van der Waals surface area contributed by atoms with Crippen LogP contribution in [0.25, 0.3) is 11.0 Å². The lowest BCUT2D eigenvalue weighted by atomic mass is 10.1. The van der Waals surface area contributed by atoms with E-state index in [0.29, 0.717) is 6.54 Å². The zero-order valence-electron chi connectivity index (χ0n) is 12.0. The van der Waals surface area contributed by atoms with E-state index >= 15 is 0 Å². The van der Waals surface area contributed by atoms with Crippen molar-refractivity contribution in [2.24, 2.45) is 5.73 Å². The van der Waals surface area contributed by atoms with E-state index in [1.807, 2.05) is 45.0 Å². The van der Waals surface area contributed by atoms with Gasteiger partial charge in [-0.2, -0.15) is 0 Å². The van der Waals surface area contributed by atoms with Gasteiger partial charge in [0.1, 0.15) is 11.2 Å². The van der Waals surface area contributed by atoms with Crippen molar-refractivity contribution in [2.45, 2.75) is 32.4 Å². The molecule has 1 amide bonds. The molecule has 1 heterocycles. The second-order valence-electron chi connectivity index (χ2n) is 5.71. The molecule has 2 rings (SSSR count). The van der Waals surface area contributed by atoms with Gasteiger partial charge in [0.15, 0.2) is 0 Å². The number of hydrogen-bond donors (Lipinski definition) is 2. The molecular formula is C15H20N2O3. The van der Waals surface area contributed by atoms with Gasteiger partial charge < -0.3 is 20.2 Å². The lowest BCUT2D eigenvalue weighted by Gasteiger charge is -2.21. The number of nitrogens with two attached hydrogens (primary N) is 1. The summed E-state index contributed by atoms with van der Waals surface area (Å²) >= 11 is 0. The third kappa shape index (κ3) is 3.74. The molecule has 0 aliphatic rings. The molecule has 0 saturated carbocycles. The molecule has 5 nitrogen and oxygen atoms in total. The van der Waals surface area contributed by atoms with Crippen molar-refractivity contribution in [3.8, 4) is 0 Å². The van der Waals surface area contributed by atoms with E-state index in [0.717, 1.165) is 16.5 Å². The number of carbonyl (C=O) groups excluding carboxylic acids is 1. The SMILES string of the molecule is CC(C)(C)OC(=O)NCC(N)c1ccc2occc2c1. The van der Waals surface area contributed by atoms with Gasteiger partial charge in [0.25, 0.3) is 0 Å². The Bertz CT molecular complexity index is 598. The maximum absolute atomic E-state index is 11.6. The van der Waals surface area contributed by atoms with Crippen molar-refractivity contribution in [1.29, 1.82) is 0 Å². The van der Waals surface area contributed by atoms with Crippen molar-refractivity contribution in [3.05, 3.63) is 36.1 Å². The Labute approximate surface area is 118 Å². The topological polar surface area (TPSA) is 77.5 Å². The molecule has 0 aliphatic heterocycles. The Hall–Kier alpha value is -2.01. The average Bonchev–Trinajstić information content (AvgIpc) is 2.80. The fourth-order valence-corrected chi connectivity index (χ4v) is 1.84. The first-order valence-corrected chi connectivity index (χ1v) is 6.55. The highest BCUT2D eigenvalue weighted by molar-refractivity contribution is 5.77. The number of furan rings is 1. The molecule has 1 unspecified atom stereocenters. The van der Waals surface area contributed by atoms with Crippen molar-refractivity contribution < 1.29 is 13.9 Å². The van der Waals surface area contributed by atoms with Gasteiger partial charge in [-0.25, -0.2) is 4.79 Å². The second-order valence-corrected chi connectivity index (χ2v) is 5.71. The first-order valence-electron chi connectivity index (χ1n) is 6.55. The van der Waals surface area contributed by atoms with Gasteiger partial charge in [-0.1, -0.05) is 6.07 Å². The van der Waals surface area contributed by atoms with Crippen molar-refractivity contribution in [3.63, 3.8) is 0 Å².